The van der Waals surface area contributed by atoms with Gasteiger partial charge in [0, 0.05) is 0 Å². The van der Waals surface area contributed by atoms with Crippen molar-refractivity contribution in [2.45, 2.75) is 53.8 Å². The number of rotatable bonds is 3. The normalized spacial score (nSPS) is 16.8. The van der Waals surface area contributed by atoms with E-state index in [1.54, 1.807) is 34.6 Å². The van der Waals surface area contributed by atoms with Crippen LogP contribution in [0.25, 0.3) is 0 Å². The first-order chi connectivity index (χ1) is 7.37. The Hall–Kier alpha value is -0.740. The number of ether oxygens (including phenoxy) is 1. The van der Waals surface area contributed by atoms with E-state index in [9.17, 15) is 18.0 Å². The van der Waals surface area contributed by atoms with Crippen LogP contribution in [0.5, 0.6) is 0 Å². The topological polar surface area (TPSA) is 26.3 Å². The Kier molecular flexibility index (Phi) is 5.04. The molecule has 0 aromatic carbocycles. The first kappa shape index (κ1) is 16.3. The highest BCUT2D eigenvalue weighted by atomic mass is 19.4. The lowest BCUT2D eigenvalue weighted by atomic mass is 9.73. The molecule has 0 rings (SSSR count). The Labute approximate surface area is 101 Å². The van der Waals surface area contributed by atoms with Gasteiger partial charge in [-0.25, -0.2) is 0 Å². The molecule has 0 heterocycles. The predicted octanol–water partition coefficient (Wildman–Crippen LogP) is 3.80. The van der Waals surface area contributed by atoms with Crippen molar-refractivity contribution in [3.63, 3.8) is 0 Å². The minimum atomic E-state index is -4.39. The molecule has 0 saturated heterocycles. The maximum atomic E-state index is 12.7. The van der Waals surface area contributed by atoms with Crippen LogP contribution in [0.2, 0.25) is 0 Å². The number of halogens is 3. The van der Waals surface area contributed by atoms with Crippen LogP contribution in [0, 0.1) is 17.3 Å². The molecule has 0 bridgehead atoms. The van der Waals surface area contributed by atoms with Crippen LogP contribution < -0.4 is 0 Å². The second-order valence-corrected chi connectivity index (χ2v) is 5.66. The molecule has 5 heteroatoms. The highest BCUT2D eigenvalue weighted by molar-refractivity contribution is 5.74. The van der Waals surface area contributed by atoms with Crippen molar-refractivity contribution in [3.05, 3.63) is 0 Å². The molecule has 0 fully saturated rings. The summed E-state index contributed by atoms with van der Waals surface area (Å²) in [6.45, 7) is 9.10. The van der Waals surface area contributed by atoms with Crippen LogP contribution in [0.3, 0.4) is 0 Å². The summed E-state index contributed by atoms with van der Waals surface area (Å²) in [7, 11) is 0. The maximum absolute atomic E-state index is 12.7. The summed E-state index contributed by atoms with van der Waals surface area (Å²) in [6, 6.07) is 0. The molecular formula is C12H21F3O2. The minimum Gasteiger partial charge on any atom is -0.463 e. The average molecular weight is 254 g/mol. The second kappa shape index (κ2) is 5.27. The second-order valence-electron chi connectivity index (χ2n) is 5.66. The van der Waals surface area contributed by atoms with Gasteiger partial charge in [0.15, 0.2) is 0 Å². The lowest BCUT2D eigenvalue weighted by Gasteiger charge is -2.34. The van der Waals surface area contributed by atoms with Crippen molar-refractivity contribution < 1.29 is 22.7 Å². The SMILES string of the molecule is CC(C)OC(=O)C(C(C)C(F)(F)F)C(C)(C)C. The van der Waals surface area contributed by atoms with Crippen LogP contribution in [0.4, 0.5) is 13.2 Å². The summed E-state index contributed by atoms with van der Waals surface area (Å²) in [6.07, 6.45) is -4.80. The van der Waals surface area contributed by atoms with E-state index in [0.717, 1.165) is 6.92 Å². The van der Waals surface area contributed by atoms with E-state index in [4.69, 9.17) is 4.74 Å². The van der Waals surface area contributed by atoms with Gasteiger partial charge in [-0.1, -0.05) is 27.7 Å². The fourth-order valence-corrected chi connectivity index (χ4v) is 1.80. The fraction of sp³-hybridized carbons (Fsp3) is 0.917. The summed E-state index contributed by atoms with van der Waals surface area (Å²) < 4.78 is 43.1. The van der Waals surface area contributed by atoms with Gasteiger partial charge in [-0.15, -0.1) is 0 Å². The van der Waals surface area contributed by atoms with Gasteiger partial charge >= 0.3 is 12.1 Å². The van der Waals surface area contributed by atoms with Gasteiger partial charge in [-0.2, -0.15) is 13.2 Å². The van der Waals surface area contributed by atoms with Crippen LogP contribution in [-0.2, 0) is 9.53 Å². The third-order valence-corrected chi connectivity index (χ3v) is 2.56. The zero-order valence-electron chi connectivity index (χ0n) is 11.2. The van der Waals surface area contributed by atoms with E-state index >= 15 is 0 Å². The predicted molar refractivity (Wildman–Crippen MR) is 59.4 cm³/mol. The van der Waals surface area contributed by atoms with E-state index in [-0.39, 0.29) is 0 Å². The van der Waals surface area contributed by atoms with Gasteiger partial charge in [-0.3, -0.25) is 4.79 Å². The third kappa shape index (κ3) is 4.96. The number of hydrogen-bond acceptors (Lipinski definition) is 2. The first-order valence-corrected chi connectivity index (χ1v) is 5.64. The lowest BCUT2D eigenvalue weighted by Crippen LogP contribution is -2.42. The molecular weight excluding hydrogens is 233 g/mol. The van der Waals surface area contributed by atoms with Gasteiger partial charge in [0.05, 0.1) is 17.9 Å². The van der Waals surface area contributed by atoms with Crippen molar-refractivity contribution in [2.75, 3.05) is 0 Å². The molecule has 2 unspecified atom stereocenters. The van der Waals surface area contributed by atoms with Gasteiger partial charge in [-0.05, 0) is 19.3 Å². The average Bonchev–Trinajstić information content (AvgIpc) is 1.97. The molecule has 0 aromatic rings. The van der Waals surface area contributed by atoms with E-state index in [0.29, 0.717) is 0 Å². The van der Waals surface area contributed by atoms with Crippen molar-refractivity contribution in [2.24, 2.45) is 17.3 Å². The van der Waals surface area contributed by atoms with E-state index in [2.05, 4.69) is 0 Å². The van der Waals surface area contributed by atoms with Gasteiger partial charge < -0.3 is 4.74 Å². The maximum Gasteiger partial charge on any atom is 0.392 e. The monoisotopic (exact) mass is 254 g/mol. The molecule has 0 aliphatic carbocycles. The number of carbonyl (C=O) groups excluding carboxylic acids is 1. The van der Waals surface area contributed by atoms with Gasteiger partial charge in [0.1, 0.15) is 0 Å². The summed E-state index contributed by atoms with van der Waals surface area (Å²) in [5.41, 5.74) is -0.791. The number of carbonyl (C=O) groups is 1. The fourth-order valence-electron chi connectivity index (χ4n) is 1.80. The molecule has 102 valence electrons. The van der Waals surface area contributed by atoms with Crippen LogP contribution in [-0.4, -0.2) is 18.2 Å². The van der Waals surface area contributed by atoms with Crippen LogP contribution in [0.15, 0.2) is 0 Å². The van der Waals surface area contributed by atoms with E-state index < -0.39 is 35.5 Å². The Morgan fingerprint density at radius 2 is 1.47 bits per heavy atom. The number of alkyl halides is 3. The zero-order chi connectivity index (χ0) is 14.0. The molecule has 0 aromatic heterocycles. The van der Waals surface area contributed by atoms with Crippen molar-refractivity contribution in [1.82, 2.24) is 0 Å². The Balaban J connectivity index is 5.10. The summed E-state index contributed by atoms with van der Waals surface area (Å²) in [5.74, 6) is -3.68. The molecule has 17 heavy (non-hydrogen) atoms. The Morgan fingerprint density at radius 1 is 1.06 bits per heavy atom. The van der Waals surface area contributed by atoms with E-state index in [1.807, 2.05) is 0 Å². The van der Waals surface area contributed by atoms with Gasteiger partial charge in [0.25, 0.3) is 0 Å². The highest BCUT2D eigenvalue weighted by Gasteiger charge is 2.49. The summed E-state index contributed by atoms with van der Waals surface area (Å²) >= 11 is 0. The Morgan fingerprint density at radius 3 is 1.71 bits per heavy atom. The minimum absolute atomic E-state index is 0.409. The molecule has 2 nitrogen and oxygen atoms in total. The summed E-state index contributed by atoms with van der Waals surface area (Å²) in [4.78, 5) is 11.8. The Bertz CT molecular complexity index is 264. The molecule has 0 N–H and O–H groups in total. The highest BCUT2D eigenvalue weighted by Crippen LogP contribution is 2.41. The van der Waals surface area contributed by atoms with Gasteiger partial charge in [0.2, 0.25) is 0 Å². The molecule has 0 amide bonds. The molecule has 0 radical (unpaired) electrons. The molecule has 0 aliphatic heterocycles. The lowest BCUT2D eigenvalue weighted by molar-refractivity contribution is -0.205. The zero-order valence-corrected chi connectivity index (χ0v) is 11.2. The largest absolute Gasteiger partial charge is 0.463 e. The third-order valence-electron chi connectivity index (χ3n) is 2.56. The van der Waals surface area contributed by atoms with E-state index in [1.165, 1.54) is 0 Å². The smallest absolute Gasteiger partial charge is 0.392 e. The van der Waals surface area contributed by atoms with Crippen molar-refractivity contribution in [1.29, 1.82) is 0 Å². The first-order valence-electron chi connectivity index (χ1n) is 5.64. The molecule has 2 atom stereocenters. The standard InChI is InChI=1S/C12H21F3O2/c1-7(2)17-10(16)9(11(4,5)6)8(3)12(13,14)15/h7-9H,1-6H3. The van der Waals surface area contributed by atoms with Crippen molar-refractivity contribution in [3.8, 4) is 0 Å². The van der Waals surface area contributed by atoms with Crippen LogP contribution >= 0.6 is 0 Å². The quantitative estimate of drug-likeness (QED) is 0.716. The summed E-state index contributed by atoms with van der Waals surface area (Å²) in [5, 5.41) is 0. The molecule has 0 aliphatic rings. The van der Waals surface area contributed by atoms with Crippen molar-refractivity contribution >= 4 is 5.97 Å². The molecule has 0 saturated carbocycles. The molecule has 0 spiro atoms. The number of hydrogen-bond donors (Lipinski definition) is 0. The number of esters is 1. The van der Waals surface area contributed by atoms with Crippen LogP contribution in [0.1, 0.15) is 41.5 Å².